The minimum atomic E-state index is -3.17. The Kier molecular flexibility index (Phi) is 5.80. The highest BCUT2D eigenvalue weighted by atomic mass is 32.2. The zero-order valence-electron chi connectivity index (χ0n) is 14.6. The summed E-state index contributed by atoms with van der Waals surface area (Å²) in [5, 5.41) is 7.05. The van der Waals surface area contributed by atoms with Gasteiger partial charge in [0.05, 0.1) is 11.3 Å². The van der Waals surface area contributed by atoms with E-state index in [0.717, 1.165) is 12.8 Å². The molecule has 0 amide bonds. The molecule has 2 heterocycles. The Hall–Kier alpha value is -0.990. The van der Waals surface area contributed by atoms with Crippen LogP contribution in [0.5, 0.6) is 0 Å². The van der Waals surface area contributed by atoms with Gasteiger partial charge in [0.15, 0.2) is 5.82 Å². The van der Waals surface area contributed by atoms with E-state index < -0.39 is 10.0 Å². The first-order chi connectivity index (χ1) is 10.8. The summed E-state index contributed by atoms with van der Waals surface area (Å²) in [7, 11) is -3.17. The molecule has 132 valence electrons. The summed E-state index contributed by atoms with van der Waals surface area (Å²) >= 11 is 0. The quantitative estimate of drug-likeness (QED) is 0.845. The van der Waals surface area contributed by atoms with Crippen LogP contribution in [0.2, 0.25) is 0 Å². The van der Waals surface area contributed by atoms with E-state index in [1.807, 2.05) is 13.8 Å². The number of nitrogens with one attached hydrogen (secondary N) is 1. The van der Waals surface area contributed by atoms with Crippen LogP contribution in [0, 0.1) is 5.92 Å². The second-order valence-electron chi connectivity index (χ2n) is 6.61. The van der Waals surface area contributed by atoms with Crippen LogP contribution in [0.25, 0.3) is 0 Å². The van der Waals surface area contributed by atoms with Gasteiger partial charge in [0.25, 0.3) is 0 Å². The molecule has 7 nitrogen and oxygen atoms in total. The molecule has 0 spiro atoms. The van der Waals surface area contributed by atoms with Crippen molar-refractivity contribution in [3.05, 3.63) is 11.7 Å². The number of hydrogen-bond acceptors (Lipinski definition) is 6. The zero-order valence-corrected chi connectivity index (χ0v) is 15.4. The zero-order chi connectivity index (χ0) is 17.2. The number of sulfonamides is 1. The normalized spacial score (nSPS) is 25.0. The SMILES string of the molecule is CCc1noc([C@H](C)N[C@H]2CCN(S(=O)(=O)C(C)C)C[C@H]2C)n1. The van der Waals surface area contributed by atoms with Crippen LogP contribution in [0.4, 0.5) is 0 Å². The summed E-state index contributed by atoms with van der Waals surface area (Å²) in [6.45, 7) is 10.6. The van der Waals surface area contributed by atoms with Crippen molar-refractivity contribution in [2.75, 3.05) is 13.1 Å². The van der Waals surface area contributed by atoms with Crippen LogP contribution >= 0.6 is 0 Å². The van der Waals surface area contributed by atoms with Gasteiger partial charge in [-0.3, -0.25) is 0 Å². The van der Waals surface area contributed by atoms with E-state index in [9.17, 15) is 8.42 Å². The molecular formula is C15H28N4O3S. The van der Waals surface area contributed by atoms with E-state index in [1.54, 1.807) is 18.2 Å². The molecule has 3 atom stereocenters. The minimum Gasteiger partial charge on any atom is -0.338 e. The Morgan fingerprint density at radius 2 is 2.09 bits per heavy atom. The molecule has 1 saturated heterocycles. The van der Waals surface area contributed by atoms with Gasteiger partial charge in [-0.1, -0.05) is 19.0 Å². The lowest BCUT2D eigenvalue weighted by molar-refractivity contribution is 0.199. The third-order valence-corrected chi connectivity index (χ3v) is 6.70. The van der Waals surface area contributed by atoms with E-state index in [-0.39, 0.29) is 23.3 Å². The summed E-state index contributed by atoms with van der Waals surface area (Å²) in [6, 6.07) is 0.198. The Labute approximate surface area is 138 Å². The first-order valence-electron chi connectivity index (χ1n) is 8.33. The van der Waals surface area contributed by atoms with Crippen LogP contribution < -0.4 is 5.32 Å². The highest BCUT2D eigenvalue weighted by Gasteiger charge is 2.34. The summed E-state index contributed by atoms with van der Waals surface area (Å²) in [5.41, 5.74) is 0. The third kappa shape index (κ3) is 4.10. The fraction of sp³-hybridized carbons (Fsp3) is 0.867. The van der Waals surface area contributed by atoms with Gasteiger partial charge in [0.1, 0.15) is 0 Å². The summed E-state index contributed by atoms with van der Waals surface area (Å²) in [5.74, 6) is 1.53. The van der Waals surface area contributed by atoms with Crippen molar-refractivity contribution in [2.45, 2.75) is 64.8 Å². The topological polar surface area (TPSA) is 88.3 Å². The number of hydrogen-bond donors (Lipinski definition) is 1. The average molecular weight is 344 g/mol. The molecule has 2 rings (SSSR count). The van der Waals surface area contributed by atoms with Crippen LogP contribution in [-0.4, -0.2) is 47.2 Å². The second kappa shape index (κ2) is 7.27. The van der Waals surface area contributed by atoms with Gasteiger partial charge < -0.3 is 9.84 Å². The maximum Gasteiger partial charge on any atom is 0.243 e. The molecule has 23 heavy (non-hydrogen) atoms. The molecular weight excluding hydrogens is 316 g/mol. The highest BCUT2D eigenvalue weighted by molar-refractivity contribution is 7.89. The molecule has 1 aromatic heterocycles. The predicted octanol–water partition coefficient (Wildman–Crippen LogP) is 1.73. The first kappa shape index (κ1) is 18.4. The molecule has 0 aromatic carbocycles. The number of rotatable bonds is 6. The molecule has 0 bridgehead atoms. The van der Waals surface area contributed by atoms with Crippen molar-refractivity contribution < 1.29 is 12.9 Å². The Balaban J connectivity index is 1.96. The van der Waals surface area contributed by atoms with Gasteiger partial charge >= 0.3 is 0 Å². The molecule has 1 N–H and O–H groups in total. The molecule has 0 saturated carbocycles. The number of aryl methyl sites for hydroxylation is 1. The van der Waals surface area contributed by atoms with Gasteiger partial charge in [-0.15, -0.1) is 0 Å². The highest BCUT2D eigenvalue weighted by Crippen LogP contribution is 2.24. The second-order valence-corrected chi connectivity index (χ2v) is 9.10. The van der Waals surface area contributed by atoms with E-state index in [0.29, 0.717) is 24.8 Å². The third-order valence-electron chi connectivity index (χ3n) is 4.46. The lowest BCUT2D eigenvalue weighted by Gasteiger charge is -2.38. The van der Waals surface area contributed by atoms with Crippen molar-refractivity contribution in [1.29, 1.82) is 0 Å². The van der Waals surface area contributed by atoms with Crippen LogP contribution in [0.1, 0.15) is 58.8 Å². The monoisotopic (exact) mass is 344 g/mol. The van der Waals surface area contributed by atoms with Crippen molar-refractivity contribution in [3.8, 4) is 0 Å². The maximum absolute atomic E-state index is 12.3. The number of piperidine rings is 1. The summed E-state index contributed by atoms with van der Waals surface area (Å²) < 4.78 is 31.5. The number of aromatic nitrogens is 2. The fourth-order valence-corrected chi connectivity index (χ4v) is 4.26. The largest absolute Gasteiger partial charge is 0.338 e. The average Bonchev–Trinajstić information content (AvgIpc) is 2.98. The standard InChI is InChI=1S/C15H28N4O3S/c1-6-14-17-15(22-18-14)12(5)16-13-7-8-19(9-11(13)4)23(20,21)10(2)3/h10-13,16H,6-9H2,1-5H3/t11-,12+,13+/m1/s1. The molecule has 1 aliphatic rings. The number of nitrogens with zero attached hydrogens (tertiary/aromatic N) is 3. The Bertz CT molecular complexity index is 614. The van der Waals surface area contributed by atoms with Crippen molar-refractivity contribution in [1.82, 2.24) is 19.8 Å². The molecule has 0 unspecified atom stereocenters. The smallest absolute Gasteiger partial charge is 0.243 e. The van der Waals surface area contributed by atoms with Gasteiger partial charge in [0, 0.05) is 25.6 Å². The van der Waals surface area contributed by atoms with Gasteiger partial charge in [-0.2, -0.15) is 4.98 Å². The Morgan fingerprint density at radius 1 is 1.39 bits per heavy atom. The summed E-state index contributed by atoms with van der Waals surface area (Å²) in [6.07, 6.45) is 1.53. The lowest BCUT2D eigenvalue weighted by Crippen LogP contribution is -2.51. The van der Waals surface area contributed by atoms with Gasteiger partial charge in [0.2, 0.25) is 15.9 Å². The van der Waals surface area contributed by atoms with Crippen LogP contribution in [-0.2, 0) is 16.4 Å². The van der Waals surface area contributed by atoms with Crippen LogP contribution in [0.15, 0.2) is 4.52 Å². The van der Waals surface area contributed by atoms with Crippen molar-refractivity contribution >= 4 is 10.0 Å². The first-order valence-corrected chi connectivity index (χ1v) is 9.83. The molecule has 1 aromatic rings. The summed E-state index contributed by atoms with van der Waals surface area (Å²) in [4.78, 5) is 4.35. The van der Waals surface area contributed by atoms with Gasteiger partial charge in [-0.25, -0.2) is 12.7 Å². The minimum absolute atomic E-state index is 0.0384. The van der Waals surface area contributed by atoms with Gasteiger partial charge in [-0.05, 0) is 33.1 Å². The van der Waals surface area contributed by atoms with Crippen molar-refractivity contribution in [3.63, 3.8) is 0 Å². The van der Waals surface area contributed by atoms with E-state index in [1.165, 1.54) is 0 Å². The molecule has 1 aliphatic heterocycles. The molecule has 1 fully saturated rings. The van der Waals surface area contributed by atoms with Crippen LogP contribution in [0.3, 0.4) is 0 Å². The Morgan fingerprint density at radius 3 is 2.61 bits per heavy atom. The fourth-order valence-electron chi connectivity index (χ4n) is 2.86. The van der Waals surface area contributed by atoms with E-state index in [2.05, 4.69) is 22.4 Å². The molecule has 8 heteroatoms. The molecule has 0 aliphatic carbocycles. The van der Waals surface area contributed by atoms with E-state index >= 15 is 0 Å². The maximum atomic E-state index is 12.3. The molecule has 0 radical (unpaired) electrons. The lowest BCUT2D eigenvalue weighted by atomic mass is 9.94. The van der Waals surface area contributed by atoms with E-state index in [4.69, 9.17) is 4.52 Å². The van der Waals surface area contributed by atoms with Crippen molar-refractivity contribution in [2.24, 2.45) is 5.92 Å². The predicted molar refractivity (Wildman–Crippen MR) is 88.4 cm³/mol.